The summed E-state index contributed by atoms with van der Waals surface area (Å²) >= 11 is 0. The monoisotopic (exact) mass is 480 g/mol. The quantitative estimate of drug-likeness (QED) is 0.330. The first-order valence-electron chi connectivity index (χ1n) is 12.3. The summed E-state index contributed by atoms with van der Waals surface area (Å²) in [6.45, 7) is 9.68. The van der Waals surface area contributed by atoms with Crippen molar-refractivity contribution in [2.24, 2.45) is 0 Å². The first-order chi connectivity index (χ1) is 17.5. The molecule has 0 saturated carbocycles. The van der Waals surface area contributed by atoms with Crippen molar-refractivity contribution < 1.29 is 8.83 Å². The first-order valence-corrected chi connectivity index (χ1v) is 12.3. The molecule has 4 aromatic heterocycles. The number of nitrogens with zero attached hydrogens (tertiary/aromatic N) is 4. The SMILES string of the molecule is Cc1ccc2c(-c3cc4c(CN5CCN(Cc6cccnc6)CC5)cnc(C)c4o3)cc(=O)oc2c1. The maximum absolute atomic E-state index is 12.3. The summed E-state index contributed by atoms with van der Waals surface area (Å²) in [7, 11) is 0. The minimum atomic E-state index is -0.386. The van der Waals surface area contributed by atoms with Gasteiger partial charge in [0, 0.05) is 80.3 Å². The number of hydrogen-bond donors (Lipinski definition) is 0. The molecular formula is C29H28N4O3. The highest BCUT2D eigenvalue weighted by atomic mass is 16.4. The molecular weight excluding hydrogens is 452 g/mol. The fourth-order valence-electron chi connectivity index (χ4n) is 5.03. The van der Waals surface area contributed by atoms with Crippen molar-refractivity contribution >= 4 is 21.9 Å². The zero-order valence-corrected chi connectivity index (χ0v) is 20.5. The topological polar surface area (TPSA) is 75.6 Å². The van der Waals surface area contributed by atoms with Gasteiger partial charge in [-0.1, -0.05) is 18.2 Å². The largest absolute Gasteiger partial charge is 0.454 e. The summed E-state index contributed by atoms with van der Waals surface area (Å²) in [6.07, 6.45) is 5.72. The minimum absolute atomic E-state index is 0.386. The van der Waals surface area contributed by atoms with Crippen LogP contribution in [-0.2, 0) is 13.1 Å². The molecule has 0 amide bonds. The standard InChI is InChI=1S/C29H28N4O3/c1-19-5-6-23-25(14-28(34)35-26(23)12-19)27-13-24-22(16-31-20(2)29(24)36-27)18-33-10-8-32(9-11-33)17-21-4-3-7-30-15-21/h3-7,12-16H,8-11,17-18H2,1-2H3. The molecule has 0 N–H and O–H groups in total. The Morgan fingerprint density at radius 2 is 1.69 bits per heavy atom. The van der Waals surface area contributed by atoms with Gasteiger partial charge in [-0.2, -0.15) is 0 Å². The summed E-state index contributed by atoms with van der Waals surface area (Å²) in [6, 6.07) is 13.6. The van der Waals surface area contributed by atoms with Crippen LogP contribution < -0.4 is 5.63 Å². The molecule has 0 radical (unpaired) electrons. The van der Waals surface area contributed by atoms with Crippen LogP contribution >= 0.6 is 0 Å². The fraction of sp³-hybridized carbons (Fsp3) is 0.276. The summed E-state index contributed by atoms with van der Waals surface area (Å²) in [4.78, 5) is 26.1. The smallest absolute Gasteiger partial charge is 0.336 e. The Labute approximate surface area is 209 Å². The lowest BCUT2D eigenvalue weighted by molar-refractivity contribution is 0.122. The second kappa shape index (κ2) is 9.33. The molecule has 36 heavy (non-hydrogen) atoms. The average molecular weight is 481 g/mol. The van der Waals surface area contributed by atoms with Crippen molar-refractivity contribution in [1.29, 1.82) is 0 Å². The van der Waals surface area contributed by atoms with E-state index in [1.165, 1.54) is 11.6 Å². The molecule has 0 aliphatic carbocycles. The number of rotatable bonds is 5. The van der Waals surface area contributed by atoms with E-state index in [-0.39, 0.29) is 5.63 Å². The maximum atomic E-state index is 12.3. The summed E-state index contributed by atoms with van der Waals surface area (Å²) in [5, 5.41) is 1.90. The first kappa shape index (κ1) is 22.6. The molecule has 182 valence electrons. The van der Waals surface area contributed by atoms with Gasteiger partial charge in [0.15, 0.2) is 5.58 Å². The van der Waals surface area contributed by atoms with Crippen LogP contribution in [0.25, 0.3) is 33.3 Å². The summed E-state index contributed by atoms with van der Waals surface area (Å²) in [5.74, 6) is 0.658. The Balaban J connectivity index is 1.27. The van der Waals surface area contributed by atoms with E-state index < -0.39 is 0 Å². The molecule has 0 spiro atoms. The van der Waals surface area contributed by atoms with Gasteiger partial charge in [-0.05, 0) is 48.7 Å². The third kappa shape index (κ3) is 4.43. The zero-order valence-electron chi connectivity index (χ0n) is 20.5. The van der Waals surface area contributed by atoms with E-state index in [0.29, 0.717) is 11.3 Å². The van der Waals surface area contributed by atoms with E-state index in [1.807, 2.05) is 62.8 Å². The second-order valence-corrected chi connectivity index (χ2v) is 9.61. The highest BCUT2D eigenvalue weighted by Gasteiger charge is 2.21. The van der Waals surface area contributed by atoms with E-state index >= 15 is 0 Å². The van der Waals surface area contributed by atoms with Gasteiger partial charge in [-0.15, -0.1) is 0 Å². The number of piperazine rings is 1. The van der Waals surface area contributed by atoms with Crippen LogP contribution in [0.4, 0.5) is 0 Å². The van der Waals surface area contributed by atoms with Gasteiger partial charge in [0.25, 0.3) is 0 Å². The highest BCUT2D eigenvalue weighted by Crippen LogP contribution is 2.35. The van der Waals surface area contributed by atoms with E-state index in [2.05, 4.69) is 25.8 Å². The Hall–Kier alpha value is -3.81. The van der Waals surface area contributed by atoms with Crippen LogP contribution in [0.3, 0.4) is 0 Å². The van der Waals surface area contributed by atoms with Crippen LogP contribution in [-0.4, -0.2) is 45.9 Å². The molecule has 6 rings (SSSR count). The van der Waals surface area contributed by atoms with Gasteiger partial charge in [0.05, 0.1) is 5.69 Å². The van der Waals surface area contributed by atoms with Crippen molar-refractivity contribution in [3.63, 3.8) is 0 Å². The number of furan rings is 1. The molecule has 7 nitrogen and oxygen atoms in total. The molecule has 5 aromatic rings. The lowest BCUT2D eigenvalue weighted by atomic mass is 10.1. The molecule has 1 fully saturated rings. The predicted octanol–water partition coefficient (Wildman–Crippen LogP) is 4.93. The average Bonchev–Trinajstić information content (AvgIpc) is 3.33. The molecule has 1 saturated heterocycles. The normalized spacial score (nSPS) is 15.2. The minimum Gasteiger partial charge on any atom is -0.454 e. The Morgan fingerprint density at radius 3 is 2.47 bits per heavy atom. The zero-order chi connectivity index (χ0) is 24.6. The third-order valence-electron chi connectivity index (χ3n) is 6.97. The lowest BCUT2D eigenvalue weighted by Gasteiger charge is -2.34. The summed E-state index contributed by atoms with van der Waals surface area (Å²) < 4.78 is 11.8. The predicted molar refractivity (Wildman–Crippen MR) is 140 cm³/mol. The van der Waals surface area contributed by atoms with Crippen molar-refractivity contribution in [2.45, 2.75) is 26.9 Å². The number of aryl methyl sites for hydroxylation is 2. The Bertz CT molecular complexity index is 1600. The fourth-order valence-corrected chi connectivity index (χ4v) is 5.03. The van der Waals surface area contributed by atoms with E-state index in [4.69, 9.17) is 8.83 Å². The van der Waals surface area contributed by atoms with Crippen LogP contribution in [0.5, 0.6) is 0 Å². The molecule has 5 heterocycles. The third-order valence-corrected chi connectivity index (χ3v) is 6.97. The lowest BCUT2D eigenvalue weighted by Crippen LogP contribution is -2.45. The van der Waals surface area contributed by atoms with Gasteiger partial charge < -0.3 is 8.83 Å². The van der Waals surface area contributed by atoms with Gasteiger partial charge in [-0.3, -0.25) is 19.8 Å². The van der Waals surface area contributed by atoms with Gasteiger partial charge in [0.2, 0.25) is 0 Å². The Kier molecular flexibility index (Phi) is 5.87. The van der Waals surface area contributed by atoms with Crippen LogP contribution in [0.15, 0.2) is 74.7 Å². The maximum Gasteiger partial charge on any atom is 0.336 e. The van der Waals surface area contributed by atoms with Crippen LogP contribution in [0.1, 0.15) is 22.4 Å². The number of aromatic nitrogens is 2. The van der Waals surface area contributed by atoms with Crippen molar-refractivity contribution in [3.8, 4) is 11.3 Å². The number of hydrogen-bond acceptors (Lipinski definition) is 7. The molecule has 1 aliphatic heterocycles. The number of fused-ring (bicyclic) bond motifs is 2. The van der Waals surface area contributed by atoms with Crippen LogP contribution in [0, 0.1) is 13.8 Å². The highest BCUT2D eigenvalue weighted by molar-refractivity contribution is 5.95. The second-order valence-electron chi connectivity index (χ2n) is 9.61. The molecule has 0 atom stereocenters. The number of benzene rings is 1. The van der Waals surface area contributed by atoms with E-state index in [9.17, 15) is 4.79 Å². The van der Waals surface area contributed by atoms with E-state index in [1.54, 1.807) is 0 Å². The van der Waals surface area contributed by atoms with E-state index in [0.717, 1.165) is 78.0 Å². The van der Waals surface area contributed by atoms with Crippen molar-refractivity contribution in [2.75, 3.05) is 26.2 Å². The molecule has 1 aromatic carbocycles. The molecule has 0 unspecified atom stereocenters. The summed E-state index contributed by atoms with van der Waals surface area (Å²) in [5.41, 5.74) is 5.95. The molecule has 1 aliphatic rings. The number of pyridine rings is 2. The van der Waals surface area contributed by atoms with Gasteiger partial charge >= 0.3 is 5.63 Å². The Morgan fingerprint density at radius 1 is 0.889 bits per heavy atom. The molecule has 7 heteroatoms. The van der Waals surface area contributed by atoms with Crippen LogP contribution in [0.2, 0.25) is 0 Å². The molecule has 0 bridgehead atoms. The van der Waals surface area contributed by atoms with Crippen molar-refractivity contribution in [1.82, 2.24) is 19.8 Å². The van der Waals surface area contributed by atoms with Gasteiger partial charge in [-0.25, -0.2) is 4.79 Å². The van der Waals surface area contributed by atoms with Crippen molar-refractivity contribution in [3.05, 3.63) is 93.9 Å². The van der Waals surface area contributed by atoms with Gasteiger partial charge in [0.1, 0.15) is 11.3 Å².